The van der Waals surface area contributed by atoms with Crippen molar-refractivity contribution >= 4 is 6.04 Å². The lowest BCUT2D eigenvalue weighted by Gasteiger charge is -2.22. The van der Waals surface area contributed by atoms with Crippen molar-refractivity contribution < 1.29 is 34.0 Å². The van der Waals surface area contributed by atoms with Crippen molar-refractivity contribution in [3.8, 4) is 0 Å². The smallest absolute Gasteiger partial charge is 0.368 e. The van der Waals surface area contributed by atoms with Gasteiger partial charge >= 0.3 is 11.9 Å². The van der Waals surface area contributed by atoms with Crippen LogP contribution in [-0.4, -0.2) is 51.1 Å². The van der Waals surface area contributed by atoms with Crippen molar-refractivity contribution in [3.05, 3.63) is 0 Å². The SMILES string of the molecule is O=C(F)[C@@](O)(F)[C@@H](O)[C@H](O)CO. The summed E-state index contributed by atoms with van der Waals surface area (Å²) in [4.78, 5) is 9.68. The standard InChI is InChI=1S/C5H8F2O5/c6-4(11)5(7,12)3(10)2(9)1-8/h2-3,8-10,12H,1H2/t2-,3+,5-/m1/s1. The minimum atomic E-state index is -4.18. The number of aliphatic hydroxyl groups excluding tert-OH is 3. The Kier molecular flexibility index (Phi) is 3.65. The van der Waals surface area contributed by atoms with Crippen molar-refractivity contribution in [2.45, 2.75) is 18.1 Å². The van der Waals surface area contributed by atoms with Gasteiger partial charge in [0.05, 0.1) is 6.61 Å². The van der Waals surface area contributed by atoms with E-state index in [1.54, 1.807) is 0 Å². The zero-order valence-electron chi connectivity index (χ0n) is 5.81. The Morgan fingerprint density at radius 2 is 1.92 bits per heavy atom. The van der Waals surface area contributed by atoms with Crippen molar-refractivity contribution in [1.82, 2.24) is 0 Å². The van der Waals surface area contributed by atoms with Crippen molar-refractivity contribution in [3.63, 3.8) is 0 Å². The number of halogens is 2. The summed E-state index contributed by atoms with van der Waals surface area (Å²) in [7, 11) is 0. The van der Waals surface area contributed by atoms with Gasteiger partial charge in [0.1, 0.15) is 6.10 Å². The van der Waals surface area contributed by atoms with Gasteiger partial charge in [-0.1, -0.05) is 0 Å². The highest BCUT2D eigenvalue weighted by atomic mass is 19.2. The Morgan fingerprint density at radius 3 is 2.17 bits per heavy atom. The van der Waals surface area contributed by atoms with Gasteiger partial charge in [0.15, 0.2) is 6.10 Å². The zero-order valence-corrected chi connectivity index (χ0v) is 5.81. The molecule has 7 heteroatoms. The Bertz CT molecular complexity index is 171. The van der Waals surface area contributed by atoms with Crippen LogP contribution in [0, 0.1) is 0 Å². The first-order chi connectivity index (χ1) is 5.34. The highest BCUT2D eigenvalue weighted by Gasteiger charge is 2.47. The Morgan fingerprint density at radius 1 is 1.50 bits per heavy atom. The van der Waals surface area contributed by atoms with E-state index in [0.29, 0.717) is 0 Å². The zero-order chi connectivity index (χ0) is 9.94. The van der Waals surface area contributed by atoms with Gasteiger partial charge in [0.2, 0.25) is 0 Å². The number of rotatable bonds is 4. The van der Waals surface area contributed by atoms with Gasteiger partial charge in [-0.05, 0) is 0 Å². The van der Waals surface area contributed by atoms with Gasteiger partial charge in [-0.3, -0.25) is 4.79 Å². The molecule has 12 heavy (non-hydrogen) atoms. The lowest BCUT2D eigenvalue weighted by atomic mass is 10.1. The van der Waals surface area contributed by atoms with Gasteiger partial charge in [0, 0.05) is 0 Å². The molecule has 4 N–H and O–H groups in total. The fraction of sp³-hybridized carbons (Fsp3) is 0.800. The van der Waals surface area contributed by atoms with E-state index in [-0.39, 0.29) is 0 Å². The first-order valence-corrected chi connectivity index (χ1v) is 2.92. The van der Waals surface area contributed by atoms with Crippen LogP contribution in [0.15, 0.2) is 0 Å². The fourth-order valence-electron chi connectivity index (χ4n) is 0.471. The molecule has 0 aromatic heterocycles. The lowest BCUT2D eigenvalue weighted by Crippen LogP contribution is -2.51. The molecule has 72 valence electrons. The van der Waals surface area contributed by atoms with E-state index in [1.165, 1.54) is 0 Å². The van der Waals surface area contributed by atoms with Crippen LogP contribution in [0.5, 0.6) is 0 Å². The molecule has 0 aliphatic heterocycles. The van der Waals surface area contributed by atoms with E-state index in [9.17, 15) is 13.6 Å². The second-order valence-corrected chi connectivity index (χ2v) is 2.14. The predicted molar refractivity (Wildman–Crippen MR) is 31.3 cm³/mol. The normalized spacial score (nSPS) is 21.2. The largest absolute Gasteiger partial charge is 0.394 e. The minimum absolute atomic E-state index is 1.11. The summed E-state index contributed by atoms with van der Waals surface area (Å²) in [5, 5.41) is 33.4. The number of aliphatic hydroxyl groups is 4. The maximum atomic E-state index is 12.4. The van der Waals surface area contributed by atoms with Crippen molar-refractivity contribution in [2.24, 2.45) is 0 Å². The number of carbonyl (C=O) groups excluding carboxylic acids is 1. The first-order valence-electron chi connectivity index (χ1n) is 2.92. The second kappa shape index (κ2) is 3.85. The van der Waals surface area contributed by atoms with E-state index in [1.807, 2.05) is 0 Å². The van der Waals surface area contributed by atoms with E-state index >= 15 is 0 Å². The molecule has 0 fully saturated rings. The van der Waals surface area contributed by atoms with Crippen LogP contribution in [-0.2, 0) is 4.79 Å². The van der Waals surface area contributed by atoms with E-state index in [2.05, 4.69) is 0 Å². The molecule has 5 nitrogen and oxygen atoms in total. The van der Waals surface area contributed by atoms with E-state index in [0.717, 1.165) is 0 Å². The van der Waals surface area contributed by atoms with Crippen LogP contribution >= 0.6 is 0 Å². The molecule has 3 atom stereocenters. The summed E-state index contributed by atoms with van der Waals surface area (Å²) in [6.45, 7) is -1.11. The molecule has 0 unspecified atom stereocenters. The quantitative estimate of drug-likeness (QED) is 0.375. The maximum absolute atomic E-state index is 12.4. The van der Waals surface area contributed by atoms with Crippen molar-refractivity contribution in [1.29, 1.82) is 0 Å². The summed E-state index contributed by atoms with van der Waals surface area (Å²) >= 11 is 0. The van der Waals surface area contributed by atoms with Crippen LogP contribution in [0.1, 0.15) is 0 Å². The maximum Gasteiger partial charge on any atom is 0.368 e. The number of carbonyl (C=O) groups is 1. The van der Waals surface area contributed by atoms with Crippen LogP contribution < -0.4 is 0 Å². The van der Waals surface area contributed by atoms with E-state index in [4.69, 9.17) is 20.4 Å². The van der Waals surface area contributed by atoms with Gasteiger partial charge in [-0.2, -0.15) is 8.78 Å². The van der Waals surface area contributed by atoms with Gasteiger partial charge in [-0.15, -0.1) is 0 Å². The number of alkyl halides is 1. The average molecular weight is 186 g/mol. The molecule has 0 aliphatic rings. The third-order valence-electron chi connectivity index (χ3n) is 1.22. The molecule has 0 radical (unpaired) electrons. The molecule has 0 saturated carbocycles. The van der Waals surface area contributed by atoms with Gasteiger partial charge < -0.3 is 20.4 Å². The van der Waals surface area contributed by atoms with Gasteiger partial charge in [-0.25, -0.2) is 0 Å². The molecule has 0 saturated heterocycles. The molecule has 0 amide bonds. The summed E-state index contributed by atoms with van der Waals surface area (Å²) in [6, 6.07) is -2.83. The van der Waals surface area contributed by atoms with E-state index < -0.39 is 30.7 Å². The van der Waals surface area contributed by atoms with Crippen LogP contribution in [0.2, 0.25) is 0 Å². The highest BCUT2D eigenvalue weighted by Crippen LogP contribution is 2.17. The minimum Gasteiger partial charge on any atom is -0.394 e. The lowest BCUT2D eigenvalue weighted by molar-refractivity contribution is -0.215. The topological polar surface area (TPSA) is 98.0 Å². The van der Waals surface area contributed by atoms with Crippen molar-refractivity contribution in [2.75, 3.05) is 6.61 Å². The Balaban J connectivity index is 4.44. The summed E-state index contributed by atoms with van der Waals surface area (Å²) < 4.78 is 24.0. The molecule has 0 aliphatic carbocycles. The molecule has 0 aromatic rings. The van der Waals surface area contributed by atoms with Crippen LogP contribution in [0.25, 0.3) is 0 Å². The first kappa shape index (κ1) is 11.4. The molecule has 0 aromatic carbocycles. The summed E-state index contributed by atoms with van der Waals surface area (Å²) in [5.41, 5.74) is 0. The molecule has 0 rings (SSSR count). The molecule has 0 heterocycles. The molecular formula is C5H8F2O5. The van der Waals surface area contributed by atoms with Crippen LogP contribution in [0.4, 0.5) is 8.78 Å². The molecule has 0 spiro atoms. The Labute approximate surface area is 65.9 Å². The summed E-state index contributed by atoms with van der Waals surface area (Å²) in [5.74, 6) is -4.18. The molecular weight excluding hydrogens is 178 g/mol. The number of hydrogen-bond donors (Lipinski definition) is 4. The third-order valence-corrected chi connectivity index (χ3v) is 1.22. The second-order valence-electron chi connectivity index (χ2n) is 2.14. The number of hydrogen-bond acceptors (Lipinski definition) is 5. The fourth-order valence-corrected chi connectivity index (χ4v) is 0.471. The average Bonchev–Trinajstić information content (AvgIpc) is 2.01. The summed E-state index contributed by atoms with van der Waals surface area (Å²) in [6.07, 6.45) is -4.83. The van der Waals surface area contributed by atoms with Gasteiger partial charge in [0.25, 0.3) is 0 Å². The molecule has 0 bridgehead atoms. The van der Waals surface area contributed by atoms with Crippen LogP contribution in [0.3, 0.4) is 0 Å². The predicted octanol–water partition coefficient (Wildman–Crippen LogP) is -2.15. The monoisotopic (exact) mass is 186 g/mol. The third kappa shape index (κ3) is 2.18. The highest BCUT2D eigenvalue weighted by molar-refractivity contribution is 5.76. The Hall–Kier alpha value is -0.630.